The summed E-state index contributed by atoms with van der Waals surface area (Å²) in [5.41, 5.74) is 0.546. The maximum Gasteiger partial charge on any atom is 0.258 e. The van der Waals surface area contributed by atoms with Gasteiger partial charge < -0.3 is 0 Å². The molecule has 1 N–H and O–H groups in total. The van der Waals surface area contributed by atoms with E-state index in [1.165, 1.54) is 17.2 Å². The van der Waals surface area contributed by atoms with Crippen molar-refractivity contribution in [1.29, 1.82) is 0 Å². The van der Waals surface area contributed by atoms with Crippen LogP contribution in [0, 0.1) is 0 Å². The van der Waals surface area contributed by atoms with Crippen LogP contribution >= 0.6 is 0 Å². The molecule has 0 fully saturated rings. The van der Waals surface area contributed by atoms with Crippen LogP contribution in [0.15, 0.2) is 43.0 Å². The normalized spacial score (nSPS) is 10.4. The lowest BCUT2D eigenvalue weighted by molar-refractivity contribution is 0.102. The summed E-state index contributed by atoms with van der Waals surface area (Å²) in [5, 5.41) is 6.59. The van der Waals surface area contributed by atoms with Crippen LogP contribution in [0.1, 0.15) is 10.4 Å². The van der Waals surface area contributed by atoms with E-state index in [-0.39, 0.29) is 11.9 Å². The fourth-order valence-corrected chi connectivity index (χ4v) is 1.51. The zero-order chi connectivity index (χ0) is 12.4. The molecule has 2 heterocycles. The molecule has 0 bridgehead atoms. The summed E-state index contributed by atoms with van der Waals surface area (Å²) in [5.74, 6) is 0.408. The van der Waals surface area contributed by atoms with E-state index in [1.54, 1.807) is 24.3 Å². The number of amides is 1. The molecule has 0 saturated heterocycles. The molecule has 0 aliphatic carbocycles. The number of hydrogen-bond donors (Lipinski definition) is 1. The Hall–Kier alpha value is -2.83. The van der Waals surface area contributed by atoms with Crippen molar-refractivity contribution in [2.75, 3.05) is 5.32 Å². The first-order valence-electron chi connectivity index (χ1n) is 5.22. The monoisotopic (exact) mass is 240 g/mol. The maximum absolute atomic E-state index is 11.9. The molecule has 1 amide bonds. The predicted octanol–water partition coefficient (Wildman–Crippen LogP) is 0.772. The predicted molar refractivity (Wildman–Crippen MR) is 63.0 cm³/mol. The van der Waals surface area contributed by atoms with Crippen molar-refractivity contribution in [1.82, 2.24) is 24.6 Å². The van der Waals surface area contributed by atoms with Crippen molar-refractivity contribution in [3.05, 3.63) is 48.5 Å². The first-order valence-corrected chi connectivity index (χ1v) is 5.22. The van der Waals surface area contributed by atoms with Crippen LogP contribution in [0.4, 0.5) is 5.95 Å². The van der Waals surface area contributed by atoms with Gasteiger partial charge in [-0.25, -0.2) is 4.98 Å². The first kappa shape index (κ1) is 10.3. The Bertz CT molecular complexity index is 693. The van der Waals surface area contributed by atoms with E-state index in [2.05, 4.69) is 25.4 Å². The molecule has 18 heavy (non-hydrogen) atoms. The van der Waals surface area contributed by atoms with Gasteiger partial charge in [-0.05, 0) is 12.1 Å². The summed E-state index contributed by atoms with van der Waals surface area (Å²) < 4.78 is 1.36. The minimum atomic E-state index is -0.258. The average molecular weight is 240 g/mol. The molecular weight excluding hydrogens is 232 g/mol. The largest absolute Gasteiger partial charge is 0.290 e. The molecule has 0 aliphatic heterocycles. The first-order chi connectivity index (χ1) is 8.84. The van der Waals surface area contributed by atoms with Crippen LogP contribution in [0.2, 0.25) is 0 Å². The number of rotatable bonds is 2. The number of anilines is 1. The van der Waals surface area contributed by atoms with E-state index in [9.17, 15) is 4.79 Å². The molecule has 0 saturated carbocycles. The van der Waals surface area contributed by atoms with Crippen molar-refractivity contribution in [2.45, 2.75) is 0 Å². The Morgan fingerprint density at radius 2 is 1.83 bits per heavy atom. The van der Waals surface area contributed by atoms with Gasteiger partial charge in [0.05, 0.1) is 0 Å². The smallest absolute Gasteiger partial charge is 0.258 e. The molecule has 3 rings (SSSR count). The number of fused-ring (bicyclic) bond motifs is 1. The number of carbonyl (C=O) groups is 1. The molecule has 0 atom stereocenters. The second-order valence-corrected chi connectivity index (χ2v) is 3.49. The van der Waals surface area contributed by atoms with Gasteiger partial charge in [0.15, 0.2) is 0 Å². The number of hydrogen-bond acceptors (Lipinski definition) is 5. The van der Waals surface area contributed by atoms with E-state index in [4.69, 9.17) is 0 Å². The lowest BCUT2D eigenvalue weighted by atomic mass is 10.2. The van der Waals surface area contributed by atoms with Crippen LogP contribution in [0.25, 0.3) is 5.78 Å². The number of nitrogens with zero attached hydrogens (tertiary/aromatic N) is 5. The third-order valence-electron chi connectivity index (χ3n) is 2.34. The number of aromatic nitrogens is 5. The highest BCUT2D eigenvalue weighted by atomic mass is 16.1. The number of carbonyl (C=O) groups excluding carboxylic acids is 1. The Balaban J connectivity index is 1.93. The zero-order valence-corrected chi connectivity index (χ0v) is 9.19. The van der Waals surface area contributed by atoms with E-state index < -0.39 is 0 Å². The van der Waals surface area contributed by atoms with Gasteiger partial charge in [0.2, 0.25) is 5.95 Å². The fraction of sp³-hybridized carbons (Fsp3) is 0. The molecule has 0 aliphatic rings. The zero-order valence-electron chi connectivity index (χ0n) is 9.19. The summed E-state index contributed by atoms with van der Waals surface area (Å²) in [7, 11) is 0. The van der Waals surface area contributed by atoms with E-state index in [0.717, 1.165) is 0 Å². The summed E-state index contributed by atoms with van der Waals surface area (Å²) in [4.78, 5) is 23.7. The van der Waals surface area contributed by atoms with Gasteiger partial charge >= 0.3 is 0 Å². The molecular formula is C11H8N6O. The molecule has 2 aromatic heterocycles. The van der Waals surface area contributed by atoms with E-state index >= 15 is 0 Å². The van der Waals surface area contributed by atoms with E-state index in [1.807, 2.05) is 6.07 Å². The lowest BCUT2D eigenvalue weighted by Crippen LogP contribution is -2.16. The van der Waals surface area contributed by atoms with Crippen molar-refractivity contribution >= 4 is 17.6 Å². The molecule has 3 aromatic rings. The van der Waals surface area contributed by atoms with Gasteiger partial charge in [0, 0.05) is 5.56 Å². The van der Waals surface area contributed by atoms with Crippen LogP contribution in [-0.2, 0) is 0 Å². The highest BCUT2D eigenvalue weighted by Gasteiger charge is 2.10. The number of nitrogens with one attached hydrogen (secondary N) is 1. The molecule has 7 heteroatoms. The summed E-state index contributed by atoms with van der Waals surface area (Å²) in [6.45, 7) is 0. The SMILES string of the molecule is O=C(Nc1ncnc2ncnn12)c1ccccc1. The van der Waals surface area contributed by atoms with Gasteiger partial charge in [0.1, 0.15) is 12.7 Å². The van der Waals surface area contributed by atoms with Crippen LogP contribution in [0.5, 0.6) is 0 Å². The minimum absolute atomic E-state index is 0.258. The van der Waals surface area contributed by atoms with Crippen LogP contribution in [-0.4, -0.2) is 30.5 Å². The summed E-state index contributed by atoms with van der Waals surface area (Å²) >= 11 is 0. The quantitative estimate of drug-likeness (QED) is 0.715. The molecule has 0 radical (unpaired) electrons. The third-order valence-corrected chi connectivity index (χ3v) is 2.34. The topological polar surface area (TPSA) is 85.1 Å². The van der Waals surface area contributed by atoms with Gasteiger partial charge in [-0.15, -0.1) is 0 Å². The van der Waals surface area contributed by atoms with Gasteiger partial charge in [-0.2, -0.15) is 19.6 Å². The Labute approximate surface area is 102 Å². The Morgan fingerprint density at radius 3 is 2.67 bits per heavy atom. The standard InChI is InChI=1S/C11H8N6O/c18-9(8-4-2-1-3-5-8)16-11-13-6-12-10-14-7-15-17(10)11/h1-7H,(H,12,13,14,15,16,18). The highest BCUT2D eigenvalue weighted by molar-refractivity contribution is 6.03. The van der Waals surface area contributed by atoms with Crippen molar-refractivity contribution in [3.8, 4) is 0 Å². The van der Waals surface area contributed by atoms with E-state index in [0.29, 0.717) is 11.3 Å². The fourth-order valence-electron chi connectivity index (χ4n) is 1.51. The molecule has 0 spiro atoms. The second kappa shape index (κ2) is 4.21. The molecule has 88 valence electrons. The lowest BCUT2D eigenvalue weighted by Gasteiger charge is -2.04. The summed E-state index contributed by atoms with van der Waals surface area (Å²) in [6, 6.07) is 8.86. The Morgan fingerprint density at radius 1 is 1.06 bits per heavy atom. The highest BCUT2D eigenvalue weighted by Crippen LogP contribution is 2.06. The molecule has 0 unspecified atom stereocenters. The number of benzene rings is 1. The summed E-state index contributed by atoms with van der Waals surface area (Å²) in [6.07, 6.45) is 2.67. The Kier molecular flexibility index (Phi) is 2.41. The molecule has 1 aromatic carbocycles. The van der Waals surface area contributed by atoms with Crippen LogP contribution in [0.3, 0.4) is 0 Å². The minimum Gasteiger partial charge on any atom is -0.290 e. The van der Waals surface area contributed by atoms with Crippen LogP contribution < -0.4 is 5.32 Å². The average Bonchev–Trinajstić information content (AvgIpc) is 2.89. The van der Waals surface area contributed by atoms with Crippen molar-refractivity contribution in [3.63, 3.8) is 0 Å². The third kappa shape index (κ3) is 1.77. The van der Waals surface area contributed by atoms with Crippen molar-refractivity contribution < 1.29 is 4.79 Å². The van der Waals surface area contributed by atoms with Gasteiger partial charge in [-0.1, -0.05) is 18.2 Å². The van der Waals surface area contributed by atoms with Crippen molar-refractivity contribution in [2.24, 2.45) is 0 Å². The van der Waals surface area contributed by atoms with Gasteiger partial charge in [-0.3, -0.25) is 10.1 Å². The maximum atomic E-state index is 11.9. The molecule has 7 nitrogen and oxygen atoms in total. The van der Waals surface area contributed by atoms with Gasteiger partial charge in [0.25, 0.3) is 11.7 Å². The second-order valence-electron chi connectivity index (χ2n) is 3.49.